The van der Waals surface area contributed by atoms with Crippen molar-refractivity contribution in [2.24, 2.45) is 0 Å². The Labute approximate surface area is 206 Å². The number of ketones is 1. The number of allylic oxidation sites excluding steroid dienone is 1. The fourth-order valence-electron chi connectivity index (χ4n) is 3.94. The van der Waals surface area contributed by atoms with Crippen LogP contribution in [-0.4, -0.2) is 34.7 Å². The number of hydrogen-bond donors (Lipinski definition) is 0. The fourth-order valence-corrected chi connectivity index (χ4v) is 3.94. The fraction of sp³-hybridized carbons (Fsp3) is 0.200. The summed E-state index contributed by atoms with van der Waals surface area (Å²) in [6.07, 6.45) is 6.08. The third-order valence-corrected chi connectivity index (χ3v) is 5.94. The van der Waals surface area contributed by atoms with E-state index < -0.39 is 0 Å². The van der Waals surface area contributed by atoms with Crippen molar-refractivity contribution in [3.05, 3.63) is 108 Å². The lowest BCUT2D eigenvalue weighted by atomic mass is 10.1. The monoisotopic (exact) mass is 466 g/mol. The highest BCUT2D eigenvalue weighted by Crippen LogP contribution is 2.28. The average molecular weight is 467 g/mol. The lowest BCUT2D eigenvalue weighted by molar-refractivity contribution is -0.130. The quantitative estimate of drug-likeness (QED) is 0.289. The second-order valence-electron chi connectivity index (χ2n) is 8.66. The van der Waals surface area contributed by atoms with E-state index >= 15 is 0 Å². The first kappa shape index (κ1) is 24.0. The zero-order chi connectivity index (χ0) is 24.6. The molecule has 0 atom stereocenters. The number of rotatable bonds is 10. The van der Waals surface area contributed by atoms with E-state index in [0.717, 1.165) is 34.2 Å². The Balaban J connectivity index is 1.52. The van der Waals surface area contributed by atoms with E-state index in [4.69, 9.17) is 4.74 Å². The molecule has 0 aliphatic carbocycles. The van der Waals surface area contributed by atoms with E-state index in [-0.39, 0.29) is 18.2 Å². The van der Waals surface area contributed by atoms with E-state index in [9.17, 15) is 9.59 Å². The number of likely N-dealkylation sites (N-methyl/N-ethyl adjacent to an activating group) is 1. The van der Waals surface area contributed by atoms with Crippen LogP contribution in [0, 0.1) is 0 Å². The van der Waals surface area contributed by atoms with Crippen molar-refractivity contribution in [3.8, 4) is 5.75 Å². The van der Waals surface area contributed by atoms with Gasteiger partial charge in [-0.1, -0.05) is 60.7 Å². The summed E-state index contributed by atoms with van der Waals surface area (Å²) in [7, 11) is 1.84. The average Bonchev–Trinajstić information content (AvgIpc) is 3.22. The van der Waals surface area contributed by atoms with Crippen molar-refractivity contribution in [1.29, 1.82) is 0 Å². The van der Waals surface area contributed by atoms with Gasteiger partial charge in [-0.2, -0.15) is 0 Å². The van der Waals surface area contributed by atoms with Crippen LogP contribution in [0.5, 0.6) is 5.75 Å². The van der Waals surface area contributed by atoms with Crippen molar-refractivity contribution in [2.45, 2.75) is 26.5 Å². The van der Waals surface area contributed by atoms with Crippen LogP contribution in [0.15, 0.2) is 91.1 Å². The number of carbonyl (C=O) groups excluding carboxylic acids is 2. The van der Waals surface area contributed by atoms with Crippen molar-refractivity contribution >= 4 is 28.7 Å². The van der Waals surface area contributed by atoms with Gasteiger partial charge in [0.05, 0.1) is 0 Å². The van der Waals surface area contributed by atoms with Gasteiger partial charge in [-0.15, -0.1) is 0 Å². The van der Waals surface area contributed by atoms with Gasteiger partial charge in [-0.3, -0.25) is 9.59 Å². The Bertz CT molecular complexity index is 1320. The Morgan fingerprint density at radius 1 is 0.943 bits per heavy atom. The second-order valence-corrected chi connectivity index (χ2v) is 8.66. The van der Waals surface area contributed by atoms with Gasteiger partial charge < -0.3 is 14.2 Å². The Hall–Kier alpha value is -4.12. The van der Waals surface area contributed by atoms with Gasteiger partial charge in [0, 0.05) is 36.3 Å². The number of carbonyl (C=O) groups is 2. The van der Waals surface area contributed by atoms with Crippen LogP contribution in [0.2, 0.25) is 0 Å². The van der Waals surface area contributed by atoms with Crippen LogP contribution in [0.1, 0.15) is 23.6 Å². The van der Waals surface area contributed by atoms with Crippen molar-refractivity contribution in [2.75, 3.05) is 13.6 Å². The molecule has 0 spiro atoms. The minimum absolute atomic E-state index is 0.0286. The summed E-state index contributed by atoms with van der Waals surface area (Å²) in [5, 5.41) is 0.938. The van der Waals surface area contributed by atoms with Gasteiger partial charge in [0.2, 0.25) is 5.91 Å². The largest absolute Gasteiger partial charge is 0.489 e. The summed E-state index contributed by atoms with van der Waals surface area (Å²) >= 11 is 0. The molecule has 178 valence electrons. The maximum absolute atomic E-state index is 13.0. The van der Waals surface area contributed by atoms with Crippen LogP contribution in [-0.2, 0) is 29.2 Å². The van der Waals surface area contributed by atoms with Crippen LogP contribution >= 0.6 is 0 Å². The number of amides is 1. The third kappa shape index (κ3) is 6.48. The first-order valence-electron chi connectivity index (χ1n) is 11.8. The summed E-state index contributed by atoms with van der Waals surface area (Å²) in [5.41, 5.74) is 4.09. The van der Waals surface area contributed by atoms with Crippen LogP contribution < -0.4 is 4.74 Å². The number of nitrogens with zero attached hydrogens (tertiary/aromatic N) is 2. The molecular formula is C30H30N2O3. The highest BCUT2D eigenvalue weighted by Gasteiger charge is 2.14. The molecule has 4 rings (SSSR count). The van der Waals surface area contributed by atoms with E-state index in [1.54, 1.807) is 17.1 Å². The molecule has 0 bridgehead atoms. The normalized spacial score (nSPS) is 11.1. The number of ether oxygens (including phenoxy) is 1. The smallest absolute Gasteiger partial charge is 0.242 e. The number of benzene rings is 3. The van der Waals surface area contributed by atoms with Crippen LogP contribution in [0.25, 0.3) is 17.0 Å². The minimum Gasteiger partial charge on any atom is -0.489 e. The van der Waals surface area contributed by atoms with E-state index in [0.29, 0.717) is 13.2 Å². The molecule has 5 nitrogen and oxygen atoms in total. The highest BCUT2D eigenvalue weighted by atomic mass is 16.5. The summed E-state index contributed by atoms with van der Waals surface area (Å²) in [6.45, 7) is 2.86. The first-order valence-corrected chi connectivity index (χ1v) is 11.8. The maximum atomic E-state index is 13.0. The van der Waals surface area contributed by atoms with Gasteiger partial charge in [0.1, 0.15) is 18.9 Å². The molecule has 0 fully saturated rings. The van der Waals surface area contributed by atoms with Gasteiger partial charge >= 0.3 is 0 Å². The zero-order valence-electron chi connectivity index (χ0n) is 20.2. The standard InChI is InChI=1S/C30H30N2O3/c1-23(33)13-14-26-20-32(21-30(34)31(2)18-17-24-9-5-3-6-10-24)29-16-15-27(19-28(26)29)35-22-25-11-7-4-8-12-25/h3-16,19-20H,17-18,21-22H2,1-2H3/b14-13+. The predicted octanol–water partition coefficient (Wildman–Crippen LogP) is 5.52. The second kappa shape index (κ2) is 11.3. The molecule has 1 heterocycles. The number of hydrogen-bond acceptors (Lipinski definition) is 3. The molecule has 0 saturated carbocycles. The van der Waals surface area contributed by atoms with Gasteiger partial charge in [-0.05, 0) is 54.8 Å². The number of aromatic nitrogens is 1. The molecule has 35 heavy (non-hydrogen) atoms. The third-order valence-electron chi connectivity index (χ3n) is 5.94. The zero-order valence-corrected chi connectivity index (χ0v) is 20.2. The Morgan fingerprint density at radius 2 is 1.63 bits per heavy atom. The lowest BCUT2D eigenvalue weighted by Gasteiger charge is -2.18. The molecule has 5 heteroatoms. The molecule has 1 amide bonds. The molecule has 3 aromatic carbocycles. The SMILES string of the molecule is CC(=O)/C=C/c1cn(CC(=O)N(C)CCc2ccccc2)c2ccc(OCc3ccccc3)cc12. The molecule has 1 aromatic heterocycles. The topological polar surface area (TPSA) is 51.5 Å². The molecule has 0 unspecified atom stereocenters. The summed E-state index contributed by atoms with van der Waals surface area (Å²) in [6, 6.07) is 26.0. The molecule has 4 aromatic rings. The molecule has 0 saturated heterocycles. The van der Waals surface area contributed by atoms with Crippen LogP contribution in [0.3, 0.4) is 0 Å². The van der Waals surface area contributed by atoms with Crippen molar-refractivity contribution in [3.63, 3.8) is 0 Å². The molecule has 0 radical (unpaired) electrons. The lowest BCUT2D eigenvalue weighted by Crippen LogP contribution is -2.31. The van der Waals surface area contributed by atoms with Gasteiger partial charge in [0.25, 0.3) is 0 Å². The maximum Gasteiger partial charge on any atom is 0.242 e. The van der Waals surface area contributed by atoms with Gasteiger partial charge in [0.15, 0.2) is 5.78 Å². The van der Waals surface area contributed by atoms with Crippen molar-refractivity contribution in [1.82, 2.24) is 9.47 Å². The highest BCUT2D eigenvalue weighted by molar-refractivity contribution is 5.97. The minimum atomic E-state index is -0.0286. The molecular weight excluding hydrogens is 436 g/mol. The van der Waals surface area contributed by atoms with Crippen LogP contribution in [0.4, 0.5) is 0 Å². The summed E-state index contributed by atoms with van der Waals surface area (Å²) in [5.74, 6) is 0.742. The van der Waals surface area contributed by atoms with E-state index in [2.05, 4.69) is 12.1 Å². The van der Waals surface area contributed by atoms with Gasteiger partial charge in [-0.25, -0.2) is 0 Å². The number of fused-ring (bicyclic) bond motifs is 1. The summed E-state index contributed by atoms with van der Waals surface area (Å²) < 4.78 is 7.95. The van der Waals surface area contributed by atoms with E-state index in [1.807, 2.05) is 84.5 Å². The molecule has 0 N–H and O–H groups in total. The van der Waals surface area contributed by atoms with Crippen molar-refractivity contribution < 1.29 is 14.3 Å². The Kier molecular flexibility index (Phi) is 7.78. The Morgan fingerprint density at radius 3 is 2.31 bits per heavy atom. The van der Waals surface area contributed by atoms with E-state index in [1.165, 1.54) is 12.5 Å². The summed E-state index contributed by atoms with van der Waals surface area (Å²) in [4.78, 5) is 26.3. The molecule has 0 aliphatic rings. The molecule has 0 aliphatic heterocycles. The first-order chi connectivity index (χ1) is 17.0. The predicted molar refractivity (Wildman–Crippen MR) is 140 cm³/mol.